The highest BCUT2D eigenvalue weighted by molar-refractivity contribution is 5.85. The number of rotatable bonds is 4. The third-order valence-electron chi connectivity index (χ3n) is 4.49. The van der Waals surface area contributed by atoms with Gasteiger partial charge in [0.25, 0.3) is 0 Å². The van der Waals surface area contributed by atoms with Crippen molar-refractivity contribution in [3.05, 3.63) is 18.0 Å². The van der Waals surface area contributed by atoms with Crippen molar-refractivity contribution in [1.29, 1.82) is 0 Å². The molecule has 98 valence electrons. The summed E-state index contributed by atoms with van der Waals surface area (Å²) in [7, 11) is 0. The van der Waals surface area contributed by atoms with E-state index in [4.69, 9.17) is 0 Å². The Morgan fingerprint density at radius 1 is 1.39 bits per heavy atom. The highest BCUT2D eigenvalue weighted by atomic mass is 16.1. The van der Waals surface area contributed by atoms with Crippen molar-refractivity contribution in [2.24, 2.45) is 11.8 Å². The maximum absolute atomic E-state index is 11.9. The van der Waals surface area contributed by atoms with Gasteiger partial charge in [0.05, 0.1) is 18.2 Å². The lowest BCUT2D eigenvalue weighted by Gasteiger charge is -2.21. The Bertz CT molecular complexity index is 431. The van der Waals surface area contributed by atoms with E-state index in [9.17, 15) is 4.79 Å². The summed E-state index contributed by atoms with van der Waals surface area (Å²) in [6.45, 7) is 2.16. The van der Waals surface area contributed by atoms with Gasteiger partial charge in [-0.05, 0) is 31.2 Å². The number of carbonyl (C=O) groups excluding carboxylic acids is 1. The van der Waals surface area contributed by atoms with Crippen LogP contribution in [0.15, 0.2) is 12.3 Å². The van der Waals surface area contributed by atoms with Crippen LogP contribution in [0.5, 0.6) is 0 Å². The molecule has 3 heteroatoms. The fraction of sp³-hybridized carbons (Fsp3) is 0.733. The lowest BCUT2D eigenvalue weighted by atomic mass is 9.96. The molecule has 0 amide bonds. The molecule has 0 aliphatic heterocycles. The average molecular weight is 246 g/mol. The predicted octanol–water partition coefficient (Wildman–Crippen LogP) is 3.16. The normalized spacial score (nSPS) is 28.3. The van der Waals surface area contributed by atoms with Gasteiger partial charge in [0, 0.05) is 12.1 Å². The summed E-state index contributed by atoms with van der Waals surface area (Å²) in [6.07, 6.45) is 10.2. The molecular formula is C15H22N2O. The van der Waals surface area contributed by atoms with Crippen LogP contribution in [-0.2, 0) is 11.2 Å². The second-order valence-electron chi connectivity index (χ2n) is 6.04. The molecule has 2 fully saturated rings. The van der Waals surface area contributed by atoms with Crippen LogP contribution >= 0.6 is 0 Å². The number of carbonyl (C=O) groups is 1. The van der Waals surface area contributed by atoms with Gasteiger partial charge in [-0.2, -0.15) is 5.10 Å². The molecule has 18 heavy (non-hydrogen) atoms. The molecule has 2 aliphatic rings. The molecule has 1 aromatic rings. The topological polar surface area (TPSA) is 34.9 Å². The molecular weight excluding hydrogens is 224 g/mol. The van der Waals surface area contributed by atoms with Crippen LogP contribution in [0.2, 0.25) is 0 Å². The number of ketones is 1. The summed E-state index contributed by atoms with van der Waals surface area (Å²) >= 11 is 0. The third kappa shape index (κ3) is 2.50. The van der Waals surface area contributed by atoms with Crippen LogP contribution in [-0.4, -0.2) is 15.6 Å². The second kappa shape index (κ2) is 4.87. The monoisotopic (exact) mass is 246 g/mol. The summed E-state index contributed by atoms with van der Waals surface area (Å²) in [5, 5.41) is 4.60. The average Bonchev–Trinajstić information content (AvgIpc) is 2.95. The van der Waals surface area contributed by atoms with E-state index in [1.165, 1.54) is 32.1 Å². The third-order valence-corrected chi connectivity index (χ3v) is 4.49. The molecule has 3 nitrogen and oxygen atoms in total. The Hall–Kier alpha value is -1.12. The SMILES string of the molecule is CC1CC1C(=O)Cc1ccn(C2CCCCC2)n1. The number of hydrogen-bond acceptors (Lipinski definition) is 2. The van der Waals surface area contributed by atoms with Crippen LogP contribution < -0.4 is 0 Å². The first-order chi connectivity index (χ1) is 8.74. The Balaban J connectivity index is 1.60. The van der Waals surface area contributed by atoms with Gasteiger partial charge in [-0.3, -0.25) is 9.48 Å². The van der Waals surface area contributed by atoms with Crippen LogP contribution in [0.4, 0.5) is 0 Å². The summed E-state index contributed by atoms with van der Waals surface area (Å²) in [6, 6.07) is 2.60. The van der Waals surface area contributed by atoms with Crippen molar-refractivity contribution in [1.82, 2.24) is 9.78 Å². The van der Waals surface area contributed by atoms with Gasteiger partial charge in [0.2, 0.25) is 0 Å². The Kier molecular flexibility index (Phi) is 3.23. The molecule has 0 radical (unpaired) electrons. The van der Waals surface area contributed by atoms with Crippen LogP contribution in [0, 0.1) is 11.8 Å². The molecule has 0 N–H and O–H groups in total. The second-order valence-corrected chi connectivity index (χ2v) is 6.04. The maximum Gasteiger partial charge on any atom is 0.142 e. The number of Topliss-reactive ketones (excluding diaryl/α,β-unsaturated/α-hetero) is 1. The van der Waals surface area contributed by atoms with Gasteiger partial charge in [-0.25, -0.2) is 0 Å². The minimum atomic E-state index is 0.324. The summed E-state index contributed by atoms with van der Waals surface area (Å²) in [5.74, 6) is 1.32. The number of nitrogens with zero attached hydrogens (tertiary/aromatic N) is 2. The van der Waals surface area contributed by atoms with Gasteiger partial charge < -0.3 is 0 Å². The Morgan fingerprint density at radius 2 is 2.11 bits per heavy atom. The first kappa shape index (κ1) is 11.9. The molecule has 2 atom stereocenters. The quantitative estimate of drug-likeness (QED) is 0.818. The zero-order valence-electron chi connectivity index (χ0n) is 11.1. The highest BCUT2D eigenvalue weighted by Gasteiger charge is 2.38. The zero-order chi connectivity index (χ0) is 12.5. The molecule has 2 unspecified atom stereocenters. The van der Waals surface area contributed by atoms with Crippen molar-refractivity contribution >= 4 is 5.78 Å². The summed E-state index contributed by atoms with van der Waals surface area (Å²) < 4.78 is 2.10. The van der Waals surface area contributed by atoms with Crippen LogP contribution in [0.3, 0.4) is 0 Å². The molecule has 1 heterocycles. The van der Waals surface area contributed by atoms with E-state index in [2.05, 4.69) is 22.9 Å². The van der Waals surface area contributed by atoms with E-state index in [0.29, 0.717) is 30.1 Å². The largest absolute Gasteiger partial charge is 0.299 e. The van der Waals surface area contributed by atoms with Gasteiger partial charge >= 0.3 is 0 Å². The van der Waals surface area contributed by atoms with Gasteiger partial charge in [0.15, 0.2) is 0 Å². The van der Waals surface area contributed by atoms with E-state index in [1.54, 1.807) is 0 Å². The van der Waals surface area contributed by atoms with E-state index in [1.807, 2.05) is 6.07 Å². The van der Waals surface area contributed by atoms with E-state index in [-0.39, 0.29) is 0 Å². The van der Waals surface area contributed by atoms with Crippen molar-refractivity contribution in [2.45, 2.75) is 57.9 Å². The van der Waals surface area contributed by atoms with E-state index >= 15 is 0 Å². The first-order valence-corrected chi connectivity index (χ1v) is 7.31. The molecule has 2 saturated carbocycles. The van der Waals surface area contributed by atoms with Crippen LogP contribution in [0.1, 0.15) is 57.2 Å². The highest BCUT2D eigenvalue weighted by Crippen LogP contribution is 2.39. The zero-order valence-corrected chi connectivity index (χ0v) is 11.1. The molecule has 2 aliphatic carbocycles. The van der Waals surface area contributed by atoms with Gasteiger partial charge in [0.1, 0.15) is 5.78 Å². The molecule has 0 aromatic carbocycles. The summed E-state index contributed by atoms with van der Waals surface area (Å²) in [5.41, 5.74) is 0.963. The molecule has 0 saturated heterocycles. The van der Waals surface area contributed by atoms with Crippen LogP contribution in [0.25, 0.3) is 0 Å². The van der Waals surface area contributed by atoms with Crippen molar-refractivity contribution in [3.8, 4) is 0 Å². The molecule has 0 spiro atoms. The minimum absolute atomic E-state index is 0.324. The number of hydrogen-bond donors (Lipinski definition) is 0. The van der Waals surface area contributed by atoms with Gasteiger partial charge in [-0.1, -0.05) is 26.2 Å². The fourth-order valence-electron chi connectivity index (χ4n) is 3.10. The smallest absolute Gasteiger partial charge is 0.142 e. The van der Waals surface area contributed by atoms with Crippen molar-refractivity contribution in [2.75, 3.05) is 0 Å². The lowest BCUT2D eigenvalue weighted by Crippen LogP contribution is -2.14. The van der Waals surface area contributed by atoms with Gasteiger partial charge in [-0.15, -0.1) is 0 Å². The number of aromatic nitrogens is 2. The maximum atomic E-state index is 11.9. The molecule has 0 bridgehead atoms. The summed E-state index contributed by atoms with van der Waals surface area (Å²) in [4.78, 5) is 11.9. The molecule has 1 aromatic heterocycles. The first-order valence-electron chi connectivity index (χ1n) is 7.31. The van der Waals surface area contributed by atoms with Crippen molar-refractivity contribution in [3.63, 3.8) is 0 Å². The van der Waals surface area contributed by atoms with E-state index in [0.717, 1.165) is 12.1 Å². The predicted molar refractivity (Wildman–Crippen MR) is 70.3 cm³/mol. The Labute approximate surface area is 109 Å². The Morgan fingerprint density at radius 3 is 2.78 bits per heavy atom. The lowest BCUT2D eigenvalue weighted by molar-refractivity contribution is -0.119. The standard InChI is InChI=1S/C15H22N2O/c1-11-9-14(11)15(18)10-12-7-8-17(16-12)13-5-3-2-4-6-13/h7-8,11,13-14H,2-6,9-10H2,1H3. The minimum Gasteiger partial charge on any atom is -0.299 e. The van der Waals surface area contributed by atoms with E-state index < -0.39 is 0 Å². The van der Waals surface area contributed by atoms with Crippen molar-refractivity contribution < 1.29 is 4.79 Å². The fourth-order valence-corrected chi connectivity index (χ4v) is 3.10. The molecule has 3 rings (SSSR count).